The molecule has 0 saturated heterocycles. The van der Waals surface area contributed by atoms with Crippen LogP contribution in [0.1, 0.15) is 30.4 Å². The minimum Gasteiger partial charge on any atom is -0.319 e. The Labute approximate surface area is 148 Å². The van der Waals surface area contributed by atoms with Gasteiger partial charge >= 0.3 is 0 Å². The summed E-state index contributed by atoms with van der Waals surface area (Å²) in [4.78, 5) is 17.7. The average molecular weight is 350 g/mol. The summed E-state index contributed by atoms with van der Waals surface area (Å²) in [5, 5.41) is 6.59. The molecule has 5 nitrogen and oxygen atoms in total. The lowest BCUT2D eigenvalue weighted by atomic mass is 10.1. The Morgan fingerprint density at radius 2 is 1.96 bits per heavy atom. The first-order valence-corrected chi connectivity index (χ1v) is 8.98. The van der Waals surface area contributed by atoms with E-state index in [4.69, 9.17) is 0 Å². The zero-order valence-corrected chi connectivity index (χ0v) is 15.1. The van der Waals surface area contributed by atoms with Gasteiger partial charge < -0.3 is 4.57 Å². The van der Waals surface area contributed by atoms with E-state index in [1.54, 1.807) is 16.9 Å². The molecule has 0 aliphatic carbocycles. The maximum Gasteiger partial charge on any atom is 0.297 e. The first-order chi connectivity index (χ1) is 12.1. The van der Waals surface area contributed by atoms with Gasteiger partial charge in [-0.2, -0.15) is 10.1 Å². The van der Waals surface area contributed by atoms with Crippen molar-refractivity contribution in [2.24, 2.45) is 12.0 Å². The summed E-state index contributed by atoms with van der Waals surface area (Å²) in [6, 6.07) is 14.3. The van der Waals surface area contributed by atoms with Crippen LogP contribution in [0.15, 0.2) is 53.7 Å². The van der Waals surface area contributed by atoms with Crippen molar-refractivity contribution in [3.8, 4) is 0 Å². The highest BCUT2D eigenvalue weighted by molar-refractivity contribution is 7.17. The van der Waals surface area contributed by atoms with Gasteiger partial charge in [-0.1, -0.05) is 41.7 Å². The molecule has 126 valence electrons. The van der Waals surface area contributed by atoms with Gasteiger partial charge in [0, 0.05) is 24.7 Å². The minimum atomic E-state index is -0.266. The molecular formula is C19H18N4OS. The standard InChI is InChI=1S/C19H18N4OS/c1-12(2)23-16(10-11-20-23)18(24)21-19-22(3)15-9-8-13-6-4-5-7-14(13)17(15)25-19/h4-12H,1-3H3. The molecule has 2 aromatic carbocycles. The zero-order chi connectivity index (χ0) is 17.6. The summed E-state index contributed by atoms with van der Waals surface area (Å²) in [5.41, 5.74) is 1.59. The second-order valence-electron chi connectivity index (χ2n) is 6.25. The van der Waals surface area contributed by atoms with E-state index in [0.29, 0.717) is 10.5 Å². The third-order valence-electron chi connectivity index (χ3n) is 4.28. The molecule has 0 saturated carbocycles. The Morgan fingerprint density at radius 3 is 2.76 bits per heavy atom. The molecule has 0 spiro atoms. The molecule has 4 aromatic rings. The number of hydrogen-bond acceptors (Lipinski definition) is 3. The van der Waals surface area contributed by atoms with Gasteiger partial charge in [0.05, 0.1) is 10.2 Å². The summed E-state index contributed by atoms with van der Waals surface area (Å²) < 4.78 is 4.82. The SMILES string of the molecule is CC(C)n1nccc1C(=O)N=c1sc2c3ccccc3ccc2n1C. The van der Waals surface area contributed by atoms with Crippen molar-refractivity contribution in [3.63, 3.8) is 0 Å². The summed E-state index contributed by atoms with van der Waals surface area (Å²) >= 11 is 1.54. The minimum absolute atomic E-state index is 0.115. The normalized spacial score (nSPS) is 12.6. The van der Waals surface area contributed by atoms with Crippen molar-refractivity contribution in [1.29, 1.82) is 0 Å². The van der Waals surface area contributed by atoms with E-state index in [1.807, 2.05) is 37.6 Å². The van der Waals surface area contributed by atoms with E-state index in [2.05, 4.69) is 34.4 Å². The maximum atomic E-state index is 12.7. The second-order valence-corrected chi connectivity index (χ2v) is 7.23. The number of thiazole rings is 1. The van der Waals surface area contributed by atoms with E-state index in [1.165, 1.54) is 22.1 Å². The fourth-order valence-corrected chi connectivity index (χ4v) is 4.15. The van der Waals surface area contributed by atoms with Gasteiger partial charge in [-0.15, -0.1) is 0 Å². The molecule has 1 amide bonds. The average Bonchev–Trinajstić information content (AvgIpc) is 3.21. The summed E-state index contributed by atoms with van der Waals surface area (Å²) in [7, 11) is 1.94. The van der Waals surface area contributed by atoms with Crippen LogP contribution in [0.25, 0.3) is 21.0 Å². The van der Waals surface area contributed by atoms with Crippen LogP contribution in [0.5, 0.6) is 0 Å². The van der Waals surface area contributed by atoms with Crippen LogP contribution in [0, 0.1) is 0 Å². The molecule has 0 N–H and O–H groups in total. The van der Waals surface area contributed by atoms with Crippen molar-refractivity contribution >= 4 is 38.2 Å². The Bertz CT molecular complexity index is 1160. The van der Waals surface area contributed by atoms with E-state index < -0.39 is 0 Å². The molecular weight excluding hydrogens is 332 g/mol. The van der Waals surface area contributed by atoms with Crippen molar-refractivity contribution < 1.29 is 4.79 Å². The number of carbonyl (C=O) groups excluding carboxylic acids is 1. The number of fused-ring (bicyclic) bond motifs is 3. The zero-order valence-electron chi connectivity index (χ0n) is 14.3. The molecule has 0 bridgehead atoms. The topological polar surface area (TPSA) is 52.2 Å². The lowest BCUT2D eigenvalue weighted by molar-refractivity contribution is 0.0986. The highest BCUT2D eigenvalue weighted by Gasteiger charge is 2.14. The number of nitrogens with zero attached hydrogens (tertiary/aromatic N) is 4. The van der Waals surface area contributed by atoms with Crippen LogP contribution < -0.4 is 4.80 Å². The first kappa shape index (κ1) is 15.8. The van der Waals surface area contributed by atoms with E-state index in [-0.39, 0.29) is 11.9 Å². The molecule has 6 heteroatoms. The second kappa shape index (κ2) is 5.97. The van der Waals surface area contributed by atoms with Gasteiger partial charge in [0.15, 0.2) is 4.80 Å². The Morgan fingerprint density at radius 1 is 1.16 bits per heavy atom. The van der Waals surface area contributed by atoms with Gasteiger partial charge in [0.1, 0.15) is 5.69 Å². The van der Waals surface area contributed by atoms with E-state index in [0.717, 1.165) is 10.2 Å². The van der Waals surface area contributed by atoms with Crippen molar-refractivity contribution in [2.75, 3.05) is 0 Å². The lowest BCUT2D eigenvalue weighted by Crippen LogP contribution is -2.16. The van der Waals surface area contributed by atoms with Gasteiger partial charge in [-0.05, 0) is 31.4 Å². The third kappa shape index (κ3) is 2.59. The predicted octanol–water partition coefficient (Wildman–Crippen LogP) is 3.91. The van der Waals surface area contributed by atoms with Crippen molar-refractivity contribution in [2.45, 2.75) is 19.9 Å². The molecule has 0 radical (unpaired) electrons. The summed E-state index contributed by atoms with van der Waals surface area (Å²) in [5.74, 6) is -0.266. The number of carbonyl (C=O) groups is 1. The molecule has 0 unspecified atom stereocenters. The monoisotopic (exact) mass is 350 g/mol. The number of benzene rings is 2. The van der Waals surface area contributed by atoms with Crippen molar-refractivity contribution in [1.82, 2.24) is 14.3 Å². The highest BCUT2D eigenvalue weighted by atomic mass is 32.1. The predicted molar refractivity (Wildman–Crippen MR) is 101 cm³/mol. The third-order valence-corrected chi connectivity index (χ3v) is 5.46. The molecule has 0 fully saturated rings. The van der Waals surface area contributed by atoms with Gasteiger partial charge in [0.2, 0.25) is 0 Å². The Hall–Kier alpha value is -2.73. The molecule has 0 aliphatic rings. The number of aromatic nitrogens is 3. The smallest absolute Gasteiger partial charge is 0.297 e. The van der Waals surface area contributed by atoms with Gasteiger partial charge in [0.25, 0.3) is 5.91 Å². The number of rotatable bonds is 2. The summed E-state index contributed by atoms with van der Waals surface area (Å²) in [6.45, 7) is 3.99. The van der Waals surface area contributed by atoms with Crippen LogP contribution in [-0.2, 0) is 7.05 Å². The largest absolute Gasteiger partial charge is 0.319 e. The van der Waals surface area contributed by atoms with E-state index in [9.17, 15) is 4.79 Å². The van der Waals surface area contributed by atoms with Crippen molar-refractivity contribution in [3.05, 3.63) is 59.2 Å². The molecule has 2 heterocycles. The van der Waals surface area contributed by atoms with Crippen LogP contribution >= 0.6 is 11.3 Å². The van der Waals surface area contributed by atoms with E-state index >= 15 is 0 Å². The summed E-state index contributed by atoms with van der Waals surface area (Å²) in [6.07, 6.45) is 1.64. The first-order valence-electron chi connectivity index (χ1n) is 8.16. The number of amides is 1. The Balaban J connectivity index is 1.90. The van der Waals surface area contributed by atoms with Gasteiger partial charge in [-0.3, -0.25) is 9.48 Å². The number of hydrogen-bond donors (Lipinski definition) is 0. The van der Waals surface area contributed by atoms with Crippen LogP contribution in [0.2, 0.25) is 0 Å². The fourth-order valence-electron chi connectivity index (χ4n) is 3.00. The van der Waals surface area contributed by atoms with Gasteiger partial charge in [-0.25, -0.2) is 0 Å². The maximum absolute atomic E-state index is 12.7. The molecule has 0 atom stereocenters. The van der Waals surface area contributed by atoms with Crippen LogP contribution in [-0.4, -0.2) is 20.3 Å². The molecule has 4 rings (SSSR count). The Kier molecular flexibility index (Phi) is 3.77. The molecule has 0 aliphatic heterocycles. The highest BCUT2D eigenvalue weighted by Crippen LogP contribution is 2.27. The number of aryl methyl sites for hydroxylation is 1. The molecule has 2 aromatic heterocycles. The lowest BCUT2D eigenvalue weighted by Gasteiger charge is -2.07. The van der Waals surface area contributed by atoms with Crippen LogP contribution in [0.3, 0.4) is 0 Å². The van der Waals surface area contributed by atoms with Crippen LogP contribution in [0.4, 0.5) is 0 Å². The quantitative estimate of drug-likeness (QED) is 0.550. The molecule has 25 heavy (non-hydrogen) atoms. The fraction of sp³-hybridized carbons (Fsp3) is 0.211.